The Labute approximate surface area is 78.0 Å². The van der Waals surface area contributed by atoms with E-state index in [-0.39, 0.29) is 12.1 Å². The van der Waals surface area contributed by atoms with Gasteiger partial charge in [-0.15, -0.1) is 0 Å². The molecule has 0 bridgehead atoms. The lowest BCUT2D eigenvalue weighted by Crippen LogP contribution is -2.58. The van der Waals surface area contributed by atoms with Gasteiger partial charge in [0.05, 0.1) is 0 Å². The van der Waals surface area contributed by atoms with E-state index in [2.05, 4.69) is 10.6 Å². The number of carbonyl (C=O) groups is 1. The summed E-state index contributed by atoms with van der Waals surface area (Å²) in [6, 6.07) is 0.326. The van der Waals surface area contributed by atoms with Crippen molar-refractivity contribution in [2.75, 3.05) is 20.2 Å². The average molecular weight is 184 g/mol. The molecule has 3 atom stereocenters. The zero-order chi connectivity index (χ0) is 9.26. The predicted octanol–water partition coefficient (Wildman–Crippen LogP) is -0.501. The molecular formula is C9H16N2O2. The van der Waals surface area contributed by atoms with Crippen LogP contribution in [-0.2, 0) is 9.53 Å². The first kappa shape index (κ1) is 9.12. The Morgan fingerprint density at radius 3 is 3.08 bits per heavy atom. The van der Waals surface area contributed by atoms with Crippen molar-refractivity contribution in [1.29, 1.82) is 0 Å². The fourth-order valence-electron chi connectivity index (χ4n) is 2.19. The highest BCUT2D eigenvalue weighted by molar-refractivity contribution is 5.83. The van der Waals surface area contributed by atoms with Crippen molar-refractivity contribution in [2.45, 2.75) is 25.1 Å². The molecule has 2 aliphatic heterocycles. The van der Waals surface area contributed by atoms with Crippen molar-refractivity contribution in [3.8, 4) is 0 Å². The second-order valence-corrected chi connectivity index (χ2v) is 3.75. The van der Waals surface area contributed by atoms with Crippen molar-refractivity contribution in [2.24, 2.45) is 5.92 Å². The van der Waals surface area contributed by atoms with Gasteiger partial charge in [0.25, 0.3) is 0 Å². The Bertz CT molecular complexity index is 208. The molecule has 3 unspecified atom stereocenters. The third kappa shape index (κ3) is 1.75. The largest absolute Gasteiger partial charge is 0.367 e. The number of fused-ring (bicyclic) bond motifs is 1. The molecule has 0 aromatic rings. The number of rotatable bonds is 1. The summed E-state index contributed by atoms with van der Waals surface area (Å²) in [6.45, 7) is 1.59. The molecule has 2 heterocycles. The predicted molar refractivity (Wildman–Crippen MR) is 48.3 cm³/mol. The maximum Gasteiger partial charge on any atom is 0.140 e. The lowest BCUT2D eigenvalue weighted by Gasteiger charge is -2.38. The molecule has 2 fully saturated rings. The summed E-state index contributed by atoms with van der Waals surface area (Å²) in [5.41, 5.74) is 0. The second kappa shape index (κ2) is 3.74. The molecule has 2 N–H and O–H groups in total. The number of methoxy groups -OCH3 is 1. The van der Waals surface area contributed by atoms with E-state index in [1.54, 1.807) is 7.11 Å². The molecule has 4 nitrogen and oxygen atoms in total. The molecule has 0 spiro atoms. The Balaban J connectivity index is 1.99. The molecule has 74 valence electrons. The van der Waals surface area contributed by atoms with Gasteiger partial charge in [0.2, 0.25) is 0 Å². The number of ether oxygens (including phenoxy) is 1. The summed E-state index contributed by atoms with van der Waals surface area (Å²) in [6.07, 6.45) is 1.69. The van der Waals surface area contributed by atoms with E-state index >= 15 is 0 Å². The molecular weight excluding hydrogens is 168 g/mol. The van der Waals surface area contributed by atoms with Crippen LogP contribution in [0.4, 0.5) is 0 Å². The van der Waals surface area contributed by atoms with Crippen molar-refractivity contribution in [3.63, 3.8) is 0 Å². The van der Waals surface area contributed by atoms with E-state index in [9.17, 15) is 4.79 Å². The van der Waals surface area contributed by atoms with Crippen molar-refractivity contribution in [3.05, 3.63) is 0 Å². The zero-order valence-electron chi connectivity index (χ0n) is 7.88. The van der Waals surface area contributed by atoms with Crippen LogP contribution in [0.3, 0.4) is 0 Å². The van der Waals surface area contributed by atoms with Gasteiger partial charge in [0.1, 0.15) is 12.0 Å². The molecule has 2 rings (SSSR count). The van der Waals surface area contributed by atoms with Gasteiger partial charge in [-0.05, 0) is 0 Å². The minimum Gasteiger partial charge on any atom is -0.367 e. The quantitative estimate of drug-likeness (QED) is 0.577. The smallest absolute Gasteiger partial charge is 0.140 e. The Hall–Kier alpha value is -0.450. The normalized spacial score (nSPS) is 40.1. The molecule has 0 aliphatic carbocycles. The standard InChI is InChI=1S/C9H16N2O2/c1-13-9-4-7-6(5-11-9)8(12)2-3-10-7/h6-7,9-11H,2-5H2,1H3. The van der Waals surface area contributed by atoms with Crippen LogP contribution in [0.25, 0.3) is 0 Å². The van der Waals surface area contributed by atoms with E-state index in [4.69, 9.17) is 4.74 Å². The van der Waals surface area contributed by atoms with Crippen LogP contribution in [0.2, 0.25) is 0 Å². The van der Waals surface area contributed by atoms with Gasteiger partial charge < -0.3 is 10.1 Å². The summed E-state index contributed by atoms with van der Waals surface area (Å²) in [5.74, 6) is 0.561. The summed E-state index contributed by atoms with van der Waals surface area (Å²) in [7, 11) is 1.70. The summed E-state index contributed by atoms with van der Waals surface area (Å²) < 4.78 is 5.21. The number of hydrogen-bond donors (Lipinski definition) is 2. The molecule has 2 saturated heterocycles. The SMILES string of the molecule is COC1CC2NCCC(=O)C2CN1. The summed E-state index contributed by atoms with van der Waals surface area (Å²) in [4.78, 5) is 11.5. The van der Waals surface area contributed by atoms with Gasteiger partial charge >= 0.3 is 0 Å². The van der Waals surface area contributed by atoms with Crippen LogP contribution >= 0.6 is 0 Å². The molecule has 0 aromatic heterocycles. The van der Waals surface area contributed by atoms with Crippen LogP contribution in [0, 0.1) is 5.92 Å². The highest BCUT2D eigenvalue weighted by Crippen LogP contribution is 2.20. The first-order valence-electron chi connectivity index (χ1n) is 4.83. The second-order valence-electron chi connectivity index (χ2n) is 3.75. The van der Waals surface area contributed by atoms with Gasteiger partial charge in [0.15, 0.2) is 0 Å². The molecule has 0 aromatic carbocycles. The average Bonchev–Trinajstić information content (AvgIpc) is 2.18. The number of piperidine rings is 2. The Morgan fingerprint density at radius 2 is 2.31 bits per heavy atom. The van der Waals surface area contributed by atoms with Crippen molar-refractivity contribution < 1.29 is 9.53 Å². The van der Waals surface area contributed by atoms with Gasteiger partial charge in [-0.3, -0.25) is 10.1 Å². The Kier molecular flexibility index (Phi) is 2.62. The lowest BCUT2D eigenvalue weighted by molar-refractivity contribution is -0.127. The highest BCUT2D eigenvalue weighted by atomic mass is 16.5. The fraction of sp³-hybridized carbons (Fsp3) is 0.889. The van der Waals surface area contributed by atoms with Gasteiger partial charge in [-0.25, -0.2) is 0 Å². The van der Waals surface area contributed by atoms with E-state index in [0.717, 1.165) is 19.5 Å². The third-order valence-corrected chi connectivity index (χ3v) is 3.00. The molecule has 13 heavy (non-hydrogen) atoms. The van der Waals surface area contributed by atoms with E-state index in [1.165, 1.54) is 0 Å². The van der Waals surface area contributed by atoms with Gasteiger partial charge in [0, 0.05) is 45.0 Å². The number of hydrogen-bond acceptors (Lipinski definition) is 4. The van der Waals surface area contributed by atoms with Crippen molar-refractivity contribution >= 4 is 5.78 Å². The Morgan fingerprint density at radius 1 is 1.46 bits per heavy atom. The minimum absolute atomic E-state index is 0.111. The number of Topliss-reactive ketones (excluding diaryl/α,β-unsaturated/α-hetero) is 1. The first-order valence-corrected chi connectivity index (χ1v) is 4.83. The maximum atomic E-state index is 11.5. The molecule has 2 aliphatic rings. The number of ketones is 1. The minimum atomic E-state index is 0.111. The van der Waals surface area contributed by atoms with E-state index in [1.807, 2.05) is 0 Å². The van der Waals surface area contributed by atoms with Gasteiger partial charge in [-0.2, -0.15) is 0 Å². The van der Waals surface area contributed by atoms with Crippen LogP contribution in [0.5, 0.6) is 0 Å². The molecule has 4 heteroatoms. The zero-order valence-corrected chi connectivity index (χ0v) is 7.88. The van der Waals surface area contributed by atoms with Crippen LogP contribution in [0.15, 0.2) is 0 Å². The van der Waals surface area contributed by atoms with Crippen LogP contribution < -0.4 is 10.6 Å². The van der Waals surface area contributed by atoms with Crippen LogP contribution in [0.1, 0.15) is 12.8 Å². The first-order chi connectivity index (χ1) is 6.31. The number of carbonyl (C=O) groups excluding carboxylic acids is 1. The monoisotopic (exact) mass is 184 g/mol. The highest BCUT2D eigenvalue weighted by Gasteiger charge is 2.36. The van der Waals surface area contributed by atoms with E-state index < -0.39 is 0 Å². The lowest BCUT2D eigenvalue weighted by atomic mass is 9.85. The molecule has 0 radical (unpaired) electrons. The van der Waals surface area contributed by atoms with Crippen molar-refractivity contribution in [1.82, 2.24) is 10.6 Å². The molecule has 0 amide bonds. The molecule has 0 saturated carbocycles. The van der Waals surface area contributed by atoms with Gasteiger partial charge in [-0.1, -0.05) is 0 Å². The topological polar surface area (TPSA) is 50.4 Å². The maximum absolute atomic E-state index is 11.5. The third-order valence-electron chi connectivity index (χ3n) is 3.00. The summed E-state index contributed by atoms with van der Waals surface area (Å²) in [5, 5.41) is 6.59. The van der Waals surface area contributed by atoms with Crippen LogP contribution in [-0.4, -0.2) is 38.3 Å². The summed E-state index contributed by atoms with van der Waals surface area (Å²) >= 11 is 0. The number of nitrogens with one attached hydrogen (secondary N) is 2. The fourth-order valence-corrected chi connectivity index (χ4v) is 2.19. The van der Waals surface area contributed by atoms with E-state index in [0.29, 0.717) is 18.2 Å².